The van der Waals surface area contributed by atoms with E-state index < -0.39 is 0 Å². The van der Waals surface area contributed by atoms with Crippen molar-refractivity contribution in [3.63, 3.8) is 0 Å². The topological polar surface area (TPSA) is 78.9 Å². The Balaban J connectivity index is 2.49. The first kappa shape index (κ1) is 12.2. The van der Waals surface area contributed by atoms with Crippen molar-refractivity contribution in [2.45, 2.75) is 25.9 Å². The molecule has 1 aromatic carbocycles. The van der Waals surface area contributed by atoms with Crippen molar-refractivity contribution in [2.24, 2.45) is 5.73 Å². The van der Waals surface area contributed by atoms with Crippen LogP contribution in [0.15, 0.2) is 24.3 Å². The second kappa shape index (κ2) is 5.89. The third-order valence-corrected chi connectivity index (χ3v) is 2.05. The number of carbonyl (C=O) groups is 1. The van der Waals surface area contributed by atoms with Crippen molar-refractivity contribution in [1.82, 2.24) is 5.32 Å². The van der Waals surface area contributed by atoms with Crippen molar-refractivity contribution < 1.29 is 4.79 Å². The largest absolute Gasteiger partial charge is 0.352 e. The summed E-state index contributed by atoms with van der Waals surface area (Å²) in [4.78, 5) is 11.3. The number of nitriles is 1. The van der Waals surface area contributed by atoms with E-state index in [0.717, 1.165) is 5.56 Å². The third kappa shape index (κ3) is 4.11. The number of rotatable bonds is 4. The zero-order chi connectivity index (χ0) is 12.0. The van der Waals surface area contributed by atoms with Gasteiger partial charge in [-0.15, -0.1) is 0 Å². The first-order valence-corrected chi connectivity index (χ1v) is 5.13. The highest BCUT2D eigenvalue weighted by molar-refractivity contribution is 5.76. The Hall–Kier alpha value is -1.86. The van der Waals surface area contributed by atoms with E-state index in [4.69, 9.17) is 11.0 Å². The molecule has 1 aromatic rings. The highest BCUT2D eigenvalue weighted by Gasteiger charge is 2.04. The van der Waals surface area contributed by atoms with E-state index in [1.807, 2.05) is 6.07 Å². The molecular formula is C12H15N3O. The van der Waals surface area contributed by atoms with Crippen LogP contribution in [-0.4, -0.2) is 11.9 Å². The predicted octanol–water partition coefficient (Wildman–Crippen LogP) is 0.912. The highest BCUT2D eigenvalue weighted by Crippen LogP contribution is 2.03. The lowest BCUT2D eigenvalue weighted by molar-refractivity contribution is -0.121. The van der Waals surface area contributed by atoms with Gasteiger partial charge in [0.1, 0.15) is 0 Å². The SMILES string of the molecule is CC(N)CC(=O)NCc1cccc(C#N)c1. The van der Waals surface area contributed by atoms with Crippen LogP contribution in [0.3, 0.4) is 0 Å². The molecule has 0 aliphatic rings. The molecule has 0 aliphatic carbocycles. The fraction of sp³-hybridized carbons (Fsp3) is 0.333. The van der Waals surface area contributed by atoms with Gasteiger partial charge in [-0.05, 0) is 24.6 Å². The van der Waals surface area contributed by atoms with Crippen molar-refractivity contribution in [1.29, 1.82) is 5.26 Å². The smallest absolute Gasteiger partial charge is 0.221 e. The Bertz CT molecular complexity index is 407. The van der Waals surface area contributed by atoms with Crippen LogP contribution in [0.5, 0.6) is 0 Å². The van der Waals surface area contributed by atoms with Gasteiger partial charge in [-0.3, -0.25) is 4.79 Å². The molecule has 1 atom stereocenters. The molecule has 0 bridgehead atoms. The van der Waals surface area contributed by atoms with Crippen LogP contribution in [0, 0.1) is 11.3 Å². The highest BCUT2D eigenvalue weighted by atomic mass is 16.1. The number of nitrogens with zero attached hydrogens (tertiary/aromatic N) is 1. The molecule has 0 heterocycles. The maximum absolute atomic E-state index is 11.3. The van der Waals surface area contributed by atoms with Gasteiger partial charge >= 0.3 is 0 Å². The van der Waals surface area contributed by atoms with Crippen LogP contribution >= 0.6 is 0 Å². The molecule has 0 aromatic heterocycles. The van der Waals surface area contributed by atoms with Crippen molar-refractivity contribution >= 4 is 5.91 Å². The zero-order valence-corrected chi connectivity index (χ0v) is 9.23. The van der Waals surface area contributed by atoms with Gasteiger partial charge in [0, 0.05) is 19.0 Å². The van der Waals surface area contributed by atoms with Gasteiger partial charge in [0.25, 0.3) is 0 Å². The van der Waals surface area contributed by atoms with E-state index in [1.165, 1.54) is 0 Å². The Kier molecular flexibility index (Phi) is 4.49. The minimum absolute atomic E-state index is 0.0719. The lowest BCUT2D eigenvalue weighted by Gasteiger charge is -2.07. The van der Waals surface area contributed by atoms with E-state index in [9.17, 15) is 4.79 Å². The summed E-state index contributed by atoms with van der Waals surface area (Å²) in [5.41, 5.74) is 7.01. The molecule has 0 aliphatic heterocycles. The number of carbonyl (C=O) groups excluding carboxylic acids is 1. The van der Waals surface area contributed by atoms with Crippen molar-refractivity contribution in [2.75, 3.05) is 0 Å². The van der Waals surface area contributed by atoms with Crippen molar-refractivity contribution in [3.05, 3.63) is 35.4 Å². The summed E-state index contributed by atoms with van der Waals surface area (Å²) < 4.78 is 0. The second-order valence-electron chi connectivity index (χ2n) is 3.77. The zero-order valence-electron chi connectivity index (χ0n) is 9.23. The van der Waals surface area contributed by atoms with Crippen LogP contribution in [-0.2, 0) is 11.3 Å². The van der Waals surface area contributed by atoms with Crippen LogP contribution in [0.1, 0.15) is 24.5 Å². The van der Waals surface area contributed by atoms with Crippen LogP contribution in [0.25, 0.3) is 0 Å². The molecule has 0 saturated carbocycles. The van der Waals surface area contributed by atoms with Gasteiger partial charge in [0.05, 0.1) is 11.6 Å². The van der Waals surface area contributed by atoms with Gasteiger partial charge < -0.3 is 11.1 Å². The summed E-state index contributed by atoms with van der Waals surface area (Å²) in [6.45, 7) is 2.22. The molecular weight excluding hydrogens is 202 g/mol. The van der Waals surface area contributed by atoms with Gasteiger partial charge in [-0.2, -0.15) is 5.26 Å². The molecule has 1 unspecified atom stereocenters. The number of hydrogen-bond donors (Lipinski definition) is 2. The van der Waals surface area contributed by atoms with E-state index in [1.54, 1.807) is 25.1 Å². The minimum atomic E-state index is -0.134. The lowest BCUT2D eigenvalue weighted by Crippen LogP contribution is -2.29. The maximum atomic E-state index is 11.3. The normalized spacial score (nSPS) is 11.6. The summed E-state index contributed by atoms with van der Waals surface area (Å²) in [5, 5.41) is 11.5. The first-order valence-electron chi connectivity index (χ1n) is 5.13. The fourth-order valence-corrected chi connectivity index (χ4v) is 1.32. The molecule has 16 heavy (non-hydrogen) atoms. The predicted molar refractivity (Wildman–Crippen MR) is 61.3 cm³/mol. The molecule has 1 rings (SSSR count). The minimum Gasteiger partial charge on any atom is -0.352 e. The van der Waals surface area contributed by atoms with Crippen LogP contribution in [0.2, 0.25) is 0 Å². The fourth-order valence-electron chi connectivity index (χ4n) is 1.32. The van der Waals surface area contributed by atoms with E-state index in [2.05, 4.69) is 11.4 Å². The molecule has 0 radical (unpaired) electrons. The molecule has 1 amide bonds. The summed E-state index contributed by atoms with van der Waals surface area (Å²) >= 11 is 0. The number of hydrogen-bond acceptors (Lipinski definition) is 3. The molecule has 4 nitrogen and oxygen atoms in total. The number of nitrogens with one attached hydrogen (secondary N) is 1. The number of amides is 1. The Morgan fingerprint density at radius 2 is 2.38 bits per heavy atom. The quantitative estimate of drug-likeness (QED) is 0.786. The van der Waals surface area contributed by atoms with Crippen LogP contribution in [0.4, 0.5) is 0 Å². The van der Waals surface area contributed by atoms with Gasteiger partial charge in [-0.25, -0.2) is 0 Å². The Morgan fingerprint density at radius 1 is 1.62 bits per heavy atom. The molecule has 84 valence electrons. The molecule has 0 spiro atoms. The Labute approximate surface area is 95.1 Å². The summed E-state index contributed by atoms with van der Waals surface area (Å²) in [5.74, 6) is -0.0719. The van der Waals surface area contributed by atoms with Crippen molar-refractivity contribution in [3.8, 4) is 6.07 Å². The number of nitrogens with two attached hydrogens (primary N) is 1. The van der Waals surface area contributed by atoms with E-state index >= 15 is 0 Å². The number of benzene rings is 1. The summed E-state index contributed by atoms with van der Waals surface area (Å²) in [6, 6.07) is 9.07. The summed E-state index contributed by atoms with van der Waals surface area (Å²) in [7, 11) is 0. The van der Waals surface area contributed by atoms with Gasteiger partial charge in [0.2, 0.25) is 5.91 Å². The average molecular weight is 217 g/mol. The monoisotopic (exact) mass is 217 g/mol. The molecule has 0 fully saturated rings. The molecule has 3 N–H and O–H groups in total. The average Bonchev–Trinajstić information content (AvgIpc) is 2.26. The molecule has 0 saturated heterocycles. The Morgan fingerprint density at radius 3 is 3.00 bits per heavy atom. The van der Waals surface area contributed by atoms with Crippen LogP contribution < -0.4 is 11.1 Å². The van der Waals surface area contributed by atoms with E-state index in [0.29, 0.717) is 18.5 Å². The van der Waals surface area contributed by atoms with Gasteiger partial charge in [0.15, 0.2) is 0 Å². The third-order valence-electron chi connectivity index (χ3n) is 2.05. The van der Waals surface area contributed by atoms with E-state index in [-0.39, 0.29) is 11.9 Å². The first-order chi connectivity index (χ1) is 7.61. The molecule has 4 heteroatoms. The lowest BCUT2D eigenvalue weighted by atomic mass is 10.1. The van der Waals surface area contributed by atoms with Gasteiger partial charge in [-0.1, -0.05) is 12.1 Å². The standard InChI is InChI=1S/C12H15N3O/c1-9(14)5-12(16)15-8-11-4-2-3-10(6-11)7-13/h2-4,6,9H,5,8,14H2,1H3,(H,15,16). The second-order valence-corrected chi connectivity index (χ2v) is 3.77. The summed E-state index contributed by atoms with van der Waals surface area (Å²) in [6.07, 6.45) is 0.317. The maximum Gasteiger partial charge on any atom is 0.221 e.